The van der Waals surface area contributed by atoms with Crippen LogP contribution in [-0.4, -0.2) is 23.1 Å². The Bertz CT molecular complexity index is 233. The van der Waals surface area contributed by atoms with Gasteiger partial charge in [-0.05, 0) is 49.7 Å². The van der Waals surface area contributed by atoms with Crippen molar-refractivity contribution in [3.05, 3.63) is 0 Å². The monoisotopic (exact) mass is 241 g/mol. The van der Waals surface area contributed by atoms with Crippen LogP contribution >= 0.6 is 11.8 Å². The van der Waals surface area contributed by atoms with Gasteiger partial charge in [0.15, 0.2) is 0 Å². The first-order valence-electron chi connectivity index (χ1n) is 6.84. The molecular weight excluding hydrogens is 214 g/mol. The molecule has 1 nitrogen and oxygen atoms in total. The molecular formula is C14H27NS. The quantitative estimate of drug-likeness (QED) is 0.694. The maximum atomic E-state index is 3.83. The standard InChI is InChI=1S/C14H27NS/c1-10-7-8-16-13-9-11(14(2,3)4)5-6-12(13)15-10/h10-13,15H,5-9H2,1-4H3. The van der Waals surface area contributed by atoms with E-state index in [0.29, 0.717) is 5.41 Å². The van der Waals surface area contributed by atoms with Gasteiger partial charge in [0.25, 0.3) is 0 Å². The Morgan fingerprint density at radius 2 is 1.88 bits per heavy atom. The summed E-state index contributed by atoms with van der Waals surface area (Å²) in [7, 11) is 0. The zero-order chi connectivity index (χ0) is 11.8. The van der Waals surface area contributed by atoms with E-state index in [2.05, 4.69) is 44.8 Å². The topological polar surface area (TPSA) is 12.0 Å². The summed E-state index contributed by atoms with van der Waals surface area (Å²) in [6, 6.07) is 1.52. The van der Waals surface area contributed by atoms with E-state index in [9.17, 15) is 0 Å². The lowest BCUT2D eigenvalue weighted by Crippen LogP contribution is -2.46. The van der Waals surface area contributed by atoms with Crippen LogP contribution in [-0.2, 0) is 0 Å². The summed E-state index contributed by atoms with van der Waals surface area (Å²) in [5, 5.41) is 4.71. The lowest BCUT2D eigenvalue weighted by Gasteiger charge is -2.41. The van der Waals surface area contributed by atoms with Gasteiger partial charge >= 0.3 is 0 Å². The van der Waals surface area contributed by atoms with Gasteiger partial charge in [-0.15, -0.1) is 0 Å². The Hall–Kier alpha value is 0.310. The normalized spacial score (nSPS) is 41.2. The number of fused-ring (bicyclic) bond motifs is 1. The van der Waals surface area contributed by atoms with E-state index in [1.54, 1.807) is 0 Å². The van der Waals surface area contributed by atoms with Gasteiger partial charge in [-0.3, -0.25) is 0 Å². The molecule has 2 fully saturated rings. The molecule has 0 aromatic heterocycles. The van der Waals surface area contributed by atoms with Crippen LogP contribution in [0.3, 0.4) is 0 Å². The molecule has 0 aromatic rings. The van der Waals surface area contributed by atoms with Crippen molar-refractivity contribution < 1.29 is 0 Å². The summed E-state index contributed by atoms with van der Waals surface area (Å²) in [5.74, 6) is 2.28. The summed E-state index contributed by atoms with van der Waals surface area (Å²) < 4.78 is 0. The van der Waals surface area contributed by atoms with Crippen molar-refractivity contribution in [2.45, 2.75) is 70.7 Å². The van der Waals surface area contributed by atoms with E-state index in [0.717, 1.165) is 23.3 Å². The lowest BCUT2D eigenvalue weighted by molar-refractivity contribution is 0.162. The Morgan fingerprint density at radius 3 is 2.56 bits per heavy atom. The first kappa shape index (κ1) is 12.8. The van der Waals surface area contributed by atoms with Crippen LogP contribution < -0.4 is 5.32 Å². The van der Waals surface area contributed by atoms with Crippen molar-refractivity contribution in [2.75, 3.05) is 5.75 Å². The first-order chi connectivity index (χ1) is 7.47. The molecule has 0 amide bonds. The summed E-state index contributed by atoms with van der Waals surface area (Å²) in [4.78, 5) is 0. The molecule has 1 saturated carbocycles. The minimum atomic E-state index is 0.503. The Kier molecular flexibility index (Phi) is 3.90. The molecule has 2 aliphatic rings. The number of hydrogen-bond acceptors (Lipinski definition) is 2. The third-order valence-corrected chi connectivity index (χ3v) is 5.82. The molecule has 1 saturated heterocycles. The minimum Gasteiger partial charge on any atom is -0.310 e. The van der Waals surface area contributed by atoms with E-state index in [-0.39, 0.29) is 0 Å². The van der Waals surface area contributed by atoms with Gasteiger partial charge in [0, 0.05) is 17.3 Å². The summed E-state index contributed by atoms with van der Waals surface area (Å²) in [6.45, 7) is 9.58. The maximum absolute atomic E-state index is 3.83. The highest BCUT2D eigenvalue weighted by molar-refractivity contribution is 7.99. The fourth-order valence-corrected chi connectivity index (χ4v) is 4.74. The third-order valence-electron chi connectivity index (χ3n) is 4.40. The van der Waals surface area contributed by atoms with Crippen LogP contribution in [0, 0.1) is 11.3 Å². The van der Waals surface area contributed by atoms with E-state index >= 15 is 0 Å². The van der Waals surface area contributed by atoms with Crippen LogP contribution in [0.1, 0.15) is 53.4 Å². The average Bonchev–Trinajstić information content (AvgIpc) is 2.35. The molecule has 16 heavy (non-hydrogen) atoms. The van der Waals surface area contributed by atoms with E-state index < -0.39 is 0 Å². The molecule has 2 heteroatoms. The Morgan fingerprint density at radius 1 is 1.12 bits per heavy atom. The fraction of sp³-hybridized carbons (Fsp3) is 1.00. The second kappa shape index (κ2) is 4.89. The molecule has 4 atom stereocenters. The number of thioether (sulfide) groups is 1. The van der Waals surface area contributed by atoms with Gasteiger partial charge in [-0.2, -0.15) is 11.8 Å². The molecule has 1 heterocycles. The van der Waals surface area contributed by atoms with Crippen LogP contribution in [0.15, 0.2) is 0 Å². The number of rotatable bonds is 0. The number of nitrogens with one attached hydrogen (secondary N) is 1. The smallest absolute Gasteiger partial charge is 0.0204 e. The van der Waals surface area contributed by atoms with Crippen molar-refractivity contribution in [1.82, 2.24) is 5.32 Å². The Balaban J connectivity index is 1.99. The van der Waals surface area contributed by atoms with Gasteiger partial charge in [0.2, 0.25) is 0 Å². The minimum absolute atomic E-state index is 0.503. The molecule has 0 radical (unpaired) electrons. The zero-order valence-electron chi connectivity index (χ0n) is 11.3. The van der Waals surface area contributed by atoms with Crippen LogP contribution in [0.2, 0.25) is 0 Å². The SMILES string of the molecule is CC1CCSC2CC(C(C)(C)C)CCC2N1. The molecule has 94 valence electrons. The lowest BCUT2D eigenvalue weighted by atomic mass is 9.71. The largest absolute Gasteiger partial charge is 0.310 e. The predicted octanol–water partition coefficient (Wildman–Crippen LogP) is 3.68. The highest BCUT2D eigenvalue weighted by atomic mass is 32.2. The molecule has 0 bridgehead atoms. The predicted molar refractivity (Wildman–Crippen MR) is 74.0 cm³/mol. The molecule has 4 unspecified atom stereocenters. The Labute approximate surface area is 105 Å². The van der Waals surface area contributed by atoms with Crippen LogP contribution in [0.5, 0.6) is 0 Å². The second-order valence-corrected chi connectivity index (χ2v) is 8.10. The van der Waals surface area contributed by atoms with Gasteiger partial charge in [-0.25, -0.2) is 0 Å². The van der Waals surface area contributed by atoms with E-state index in [4.69, 9.17) is 0 Å². The van der Waals surface area contributed by atoms with Crippen LogP contribution in [0.4, 0.5) is 0 Å². The summed E-state index contributed by atoms with van der Waals surface area (Å²) >= 11 is 2.23. The van der Waals surface area contributed by atoms with Crippen molar-refractivity contribution in [2.24, 2.45) is 11.3 Å². The van der Waals surface area contributed by atoms with Gasteiger partial charge in [-0.1, -0.05) is 20.8 Å². The van der Waals surface area contributed by atoms with Crippen molar-refractivity contribution in [3.63, 3.8) is 0 Å². The van der Waals surface area contributed by atoms with Gasteiger partial charge in [0.1, 0.15) is 0 Å². The number of hydrogen-bond donors (Lipinski definition) is 1. The van der Waals surface area contributed by atoms with E-state index in [1.165, 1.54) is 31.4 Å². The molecule has 1 aliphatic carbocycles. The molecule has 0 aromatic carbocycles. The van der Waals surface area contributed by atoms with Crippen molar-refractivity contribution in [3.8, 4) is 0 Å². The van der Waals surface area contributed by atoms with Gasteiger partial charge in [0.05, 0.1) is 0 Å². The van der Waals surface area contributed by atoms with E-state index in [1.807, 2.05) is 0 Å². The zero-order valence-corrected chi connectivity index (χ0v) is 12.1. The molecule has 2 rings (SSSR count). The van der Waals surface area contributed by atoms with Crippen LogP contribution in [0.25, 0.3) is 0 Å². The first-order valence-corrected chi connectivity index (χ1v) is 7.89. The van der Waals surface area contributed by atoms with Gasteiger partial charge < -0.3 is 5.32 Å². The average molecular weight is 241 g/mol. The summed E-state index contributed by atoms with van der Waals surface area (Å²) in [6.07, 6.45) is 5.59. The van der Waals surface area contributed by atoms with Crippen molar-refractivity contribution >= 4 is 11.8 Å². The highest BCUT2D eigenvalue weighted by Gasteiger charge is 2.37. The fourth-order valence-electron chi connectivity index (χ4n) is 3.14. The third kappa shape index (κ3) is 2.95. The highest BCUT2D eigenvalue weighted by Crippen LogP contribution is 2.42. The molecule has 1 aliphatic heterocycles. The maximum Gasteiger partial charge on any atom is 0.0204 e. The van der Waals surface area contributed by atoms with Crippen molar-refractivity contribution in [1.29, 1.82) is 0 Å². The molecule has 0 spiro atoms. The second-order valence-electron chi connectivity index (χ2n) is 6.75. The molecule has 1 N–H and O–H groups in total. The summed E-state index contributed by atoms with van der Waals surface area (Å²) in [5.41, 5.74) is 0.503.